The van der Waals surface area contributed by atoms with Crippen LogP contribution in [0.5, 0.6) is 0 Å². The third kappa shape index (κ3) is 3.26. The van der Waals surface area contributed by atoms with Gasteiger partial charge in [0.1, 0.15) is 0 Å². The summed E-state index contributed by atoms with van der Waals surface area (Å²) in [6.45, 7) is 0. The zero-order valence-corrected chi connectivity index (χ0v) is 13.0. The van der Waals surface area contributed by atoms with Crippen molar-refractivity contribution in [3.8, 4) is 0 Å². The monoisotopic (exact) mass is 498 g/mol. The lowest BCUT2D eigenvalue weighted by Crippen LogP contribution is -2.75. The van der Waals surface area contributed by atoms with Gasteiger partial charge in [-0.2, -0.15) is 74.6 Å². The van der Waals surface area contributed by atoms with Crippen molar-refractivity contribution in [3.63, 3.8) is 0 Å². The van der Waals surface area contributed by atoms with Crippen LogP contribution >= 0.6 is 0 Å². The molecule has 0 fully saturated rings. The summed E-state index contributed by atoms with van der Waals surface area (Å²) in [6, 6.07) is 0. The molecule has 0 aliphatic rings. The number of hydrogen-bond donors (Lipinski definition) is 0. The van der Waals surface area contributed by atoms with E-state index in [0.29, 0.717) is 0 Å². The largest absolute Gasteiger partial charge is 0.460 e. The molecule has 0 saturated heterocycles. The van der Waals surface area contributed by atoms with E-state index in [1.165, 1.54) is 0 Å². The Bertz CT molecular complexity index is 735. The minimum Gasteiger partial charge on any atom is -0.204 e. The van der Waals surface area contributed by atoms with Crippen LogP contribution in [0.1, 0.15) is 0 Å². The van der Waals surface area contributed by atoms with Crippen LogP contribution in [0.4, 0.5) is 74.6 Å². The topological polar surface area (TPSA) is 57.9 Å². The van der Waals surface area contributed by atoms with Gasteiger partial charge in [0.2, 0.25) is 0 Å². The third-order valence-electron chi connectivity index (χ3n) is 3.03. The van der Waals surface area contributed by atoms with Crippen molar-refractivity contribution in [1.29, 1.82) is 0 Å². The molecule has 0 heterocycles. The smallest absolute Gasteiger partial charge is 0.204 e. The highest BCUT2D eigenvalue weighted by atomic mass is 32.2. The standard InChI is InChI=1S/C8HF17NO2S/c9-1(10,3(13,14)5(17,18)7(21,22)23)2(11,12)4(15,16)6(19,20)8(24,25)29(26,27)28/h26H. The molecule has 21 heteroatoms. The fraction of sp³-hybridized carbons (Fsp3) is 1.00. The van der Waals surface area contributed by atoms with Crippen molar-refractivity contribution in [2.24, 2.45) is 0 Å². The van der Waals surface area contributed by atoms with Gasteiger partial charge >= 0.3 is 47.0 Å². The van der Waals surface area contributed by atoms with Crippen LogP contribution in [0.15, 0.2) is 0 Å². The highest BCUT2D eigenvalue weighted by molar-refractivity contribution is 7.89. The van der Waals surface area contributed by atoms with Crippen molar-refractivity contribution in [2.45, 2.75) is 47.0 Å². The number of hydrogen-bond acceptors (Lipinski definition) is 2. The van der Waals surface area contributed by atoms with Gasteiger partial charge in [-0.15, -0.1) is 5.14 Å². The Labute approximate surface area is 146 Å². The number of halogens is 17. The summed E-state index contributed by atoms with van der Waals surface area (Å²) in [6.07, 6.45) is -7.87. The summed E-state index contributed by atoms with van der Waals surface area (Å²) in [5.74, 6) is -51.8. The van der Waals surface area contributed by atoms with Crippen LogP contribution in [0.2, 0.25) is 0 Å². The highest BCUT2D eigenvalue weighted by Crippen LogP contribution is 2.64. The van der Waals surface area contributed by atoms with Crippen molar-refractivity contribution in [1.82, 2.24) is 5.14 Å². The maximum atomic E-state index is 13.1. The lowest BCUT2D eigenvalue weighted by Gasteiger charge is -2.42. The van der Waals surface area contributed by atoms with Crippen molar-refractivity contribution in [2.75, 3.05) is 0 Å². The molecule has 1 radical (unpaired) electrons. The second kappa shape index (κ2) is 6.36. The predicted molar refractivity (Wildman–Crippen MR) is 52.7 cm³/mol. The quantitative estimate of drug-likeness (QED) is 0.484. The minimum atomic E-state index is -8.87. The summed E-state index contributed by atoms with van der Waals surface area (Å²) in [7, 11) is -7.64. The fourth-order valence-corrected chi connectivity index (χ4v) is 1.78. The van der Waals surface area contributed by atoms with E-state index in [4.69, 9.17) is 5.14 Å². The molecule has 0 aliphatic heterocycles. The van der Waals surface area contributed by atoms with Gasteiger partial charge in [0.05, 0.1) is 0 Å². The van der Waals surface area contributed by atoms with Gasteiger partial charge in [0, 0.05) is 0 Å². The molecular weight excluding hydrogens is 497 g/mol. The van der Waals surface area contributed by atoms with Gasteiger partial charge in [-0.05, 0) is 0 Å². The van der Waals surface area contributed by atoms with E-state index < -0.39 is 57.0 Å². The molecular formula is C8HF17NO2S. The van der Waals surface area contributed by atoms with Gasteiger partial charge < -0.3 is 0 Å². The van der Waals surface area contributed by atoms with E-state index in [1.807, 2.05) is 0 Å². The molecule has 0 atom stereocenters. The van der Waals surface area contributed by atoms with Crippen molar-refractivity contribution >= 4 is 10.0 Å². The van der Waals surface area contributed by atoms with E-state index in [0.717, 1.165) is 0 Å². The summed E-state index contributed by atoms with van der Waals surface area (Å²) in [5, 5.41) is -2.24. The molecule has 0 aromatic heterocycles. The Morgan fingerprint density at radius 2 is 0.621 bits per heavy atom. The minimum absolute atomic E-state index is 5.49. The molecule has 29 heavy (non-hydrogen) atoms. The van der Waals surface area contributed by atoms with Crippen molar-refractivity contribution < 1.29 is 83.1 Å². The Balaban J connectivity index is 6.90. The van der Waals surface area contributed by atoms with Crippen LogP contribution < -0.4 is 5.14 Å². The average Bonchev–Trinajstić information content (AvgIpc) is 2.43. The molecule has 0 unspecified atom stereocenters. The molecule has 0 amide bonds. The summed E-state index contributed by atoms with van der Waals surface area (Å²) >= 11 is 0. The first-order chi connectivity index (χ1) is 12.0. The van der Waals surface area contributed by atoms with E-state index in [9.17, 15) is 83.1 Å². The molecule has 0 saturated carbocycles. The van der Waals surface area contributed by atoms with E-state index in [-0.39, 0.29) is 0 Å². The second-order valence-corrected chi connectivity index (χ2v) is 6.48. The van der Waals surface area contributed by atoms with Gasteiger partial charge in [0.15, 0.2) is 0 Å². The molecule has 0 bridgehead atoms. The van der Waals surface area contributed by atoms with Crippen LogP contribution in [0.25, 0.3) is 0 Å². The average molecular weight is 498 g/mol. The SMILES string of the molecule is [NH]S(=O)(=O)C(F)(F)C(F)(F)C(F)(F)C(F)(F)C(F)(F)C(F)(F)C(F)(F)C(F)(F)F. The second-order valence-electron chi connectivity index (χ2n) is 4.96. The lowest BCUT2D eigenvalue weighted by atomic mass is 9.91. The van der Waals surface area contributed by atoms with Crippen molar-refractivity contribution in [3.05, 3.63) is 0 Å². The first kappa shape index (κ1) is 27.7. The Morgan fingerprint density at radius 1 is 0.414 bits per heavy atom. The summed E-state index contributed by atoms with van der Waals surface area (Å²) in [4.78, 5) is 0. The van der Waals surface area contributed by atoms with Crippen LogP contribution in [-0.2, 0) is 10.0 Å². The molecule has 3 nitrogen and oxygen atoms in total. The van der Waals surface area contributed by atoms with E-state index in [1.54, 1.807) is 0 Å². The number of rotatable bonds is 7. The molecule has 1 N–H and O–H groups in total. The van der Waals surface area contributed by atoms with E-state index >= 15 is 0 Å². The normalized spacial score (nSPS) is 16.9. The Hall–Kier alpha value is -1.28. The molecule has 175 valence electrons. The molecule has 0 rings (SSSR count). The predicted octanol–water partition coefficient (Wildman–Crippen LogP) is 4.57. The lowest BCUT2D eigenvalue weighted by molar-refractivity contribution is -0.458. The highest BCUT2D eigenvalue weighted by Gasteiger charge is 2.96. The molecule has 0 aliphatic carbocycles. The molecule has 0 aromatic rings. The maximum Gasteiger partial charge on any atom is 0.460 e. The molecule has 0 spiro atoms. The first-order valence-corrected chi connectivity index (χ1v) is 7.19. The number of sulfonamides is 1. The third-order valence-corrected chi connectivity index (χ3v) is 3.96. The Kier molecular flexibility index (Phi) is 6.08. The van der Waals surface area contributed by atoms with Gasteiger partial charge in [0.25, 0.3) is 10.0 Å². The van der Waals surface area contributed by atoms with Gasteiger partial charge in [-0.3, -0.25) is 0 Å². The zero-order valence-electron chi connectivity index (χ0n) is 12.2. The van der Waals surface area contributed by atoms with Gasteiger partial charge in [-0.1, -0.05) is 0 Å². The van der Waals surface area contributed by atoms with E-state index in [2.05, 4.69) is 0 Å². The molecule has 0 aromatic carbocycles. The summed E-state index contributed by atoms with van der Waals surface area (Å²) in [5.41, 5.74) is 0. The Morgan fingerprint density at radius 3 is 0.828 bits per heavy atom. The maximum absolute atomic E-state index is 13.1. The fourth-order valence-electron chi connectivity index (χ4n) is 1.32. The number of nitrogens with one attached hydrogen (secondary N) is 1. The van der Waals surface area contributed by atoms with Gasteiger partial charge in [-0.25, -0.2) is 8.42 Å². The van der Waals surface area contributed by atoms with Crippen LogP contribution in [-0.4, -0.2) is 55.4 Å². The summed E-state index contributed by atoms with van der Waals surface area (Å²) < 4.78 is 235. The van der Waals surface area contributed by atoms with Crippen LogP contribution in [0.3, 0.4) is 0 Å². The first-order valence-electron chi connectivity index (χ1n) is 5.70. The number of alkyl halides is 17. The zero-order chi connectivity index (χ0) is 24.5. The van der Waals surface area contributed by atoms with Crippen LogP contribution in [0, 0.1) is 0 Å².